The average molecular weight is 443 g/mol. The van der Waals surface area contributed by atoms with Gasteiger partial charge in [-0.05, 0) is 62.2 Å². The van der Waals surface area contributed by atoms with E-state index in [0.717, 1.165) is 12.0 Å². The predicted molar refractivity (Wildman–Crippen MR) is 120 cm³/mol. The standard InChI is InChI=1S/C23H23ClN2O5/c1-4-10-31-20-9-6-15(12-21(20)30-5-2)11-17-14(3)25-26(22(17)27)16-7-8-19(24)18(13-16)23(28)29/h6-9,11-13H,4-5,10H2,1-3H3,(H,28,29)/b17-11-. The van der Waals surface area contributed by atoms with Gasteiger partial charge in [0, 0.05) is 0 Å². The predicted octanol–water partition coefficient (Wildman–Crippen LogP) is 5.03. The maximum Gasteiger partial charge on any atom is 0.337 e. The number of carbonyl (C=O) groups is 2. The van der Waals surface area contributed by atoms with Crippen LogP contribution in [-0.4, -0.2) is 35.9 Å². The molecule has 0 spiro atoms. The van der Waals surface area contributed by atoms with Gasteiger partial charge in [0.05, 0.1) is 40.8 Å². The molecule has 0 aliphatic carbocycles. The first kappa shape index (κ1) is 22.4. The fraction of sp³-hybridized carbons (Fsp3) is 0.261. The first-order valence-electron chi connectivity index (χ1n) is 9.89. The Morgan fingerprint density at radius 3 is 2.61 bits per heavy atom. The fourth-order valence-electron chi connectivity index (χ4n) is 3.05. The smallest absolute Gasteiger partial charge is 0.337 e. The van der Waals surface area contributed by atoms with E-state index in [2.05, 4.69) is 5.10 Å². The van der Waals surface area contributed by atoms with Crippen LogP contribution in [0.3, 0.4) is 0 Å². The number of hydrazone groups is 1. The van der Waals surface area contributed by atoms with E-state index in [1.807, 2.05) is 32.0 Å². The van der Waals surface area contributed by atoms with Crippen LogP contribution in [0.5, 0.6) is 11.5 Å². The van der Waals surface area contributed by atoms with Crippen molar-refractivity contribution in [2.45, 2.75) is 27.2 Å². The maximum atomic E-state index is 13.0. The highest BCUT2D eigenvalue weighted by Gasteiger charge is 2.29. The molecule has 8 heteroatoms. The molecule has 1 aliphatic heterocycles. The second-order valence-corrected chi connectivity index (χ2v) is 7.22. The van der Waals surface area contributed by atoms with Gasteiger partial charge in [-0.25, -0.2) is 4.79 Å². The number of anilines is 1. The third-order valence-corrected chi connectivity index (χ3v) is 4.86. The van der Waals surface area contributed by atoms with Crippen molar-refractivity contribution in [3.63, 3.8) is 0 Å². The van der Waals surface area contributed by atoms with Crippen LogP contribution in [0.15, 0.2) is 47.1 Å². The fourth-order valence-corrected chi connectivity index (χ4v) is 3.25. The molecule has 31 heavy (non-hydrogen) atoms. The van der Waals surface area contributed by atoms with E-state index in [1.54, 1.807) is 19.1 Å². The number of aromatic carboxylic acids is 1. The lowest BCUT2D eigenvalue weighted by molar-refractivity contribution is -0.114. The summed E-state index contributed by atoms with van der Waals surface area (Å²) in [6.45, 7) is 6.71. The molecule has 1 amide bonds. The van der Waals surface area contributed by atoms with Crippen molar-refractivity contribution in [3.8, 4) is 11.5 Å². The Labute approximate surface area is 185 Å². The van der Waals surface area contributed by atoms with Gasteiger partial charge in [-0.2, -0.15) is 10.1 Å². The lowest BCUT2D eigenvalue weighted by Crippen LogP contribution is -2.21. The van der Waals surface area contributed by atoms with Crippen molar-refractivity contribution in [2.24, 2.45) is 5.10 Å². The average Bonchev–Trinajstić information content (AvgIpc) is 3.02. The molecule has 1 N–H and O–H groups in total. The second kappa shape index (κ2) is 9.66. The minimum absolute atomic E-state index is 0.0909. The van der Waals surface area contributed by atoms with Crippen LogP contribution in [0.1, 0.15) is 43.1 Å². The van der Waals surface area contributed by atoms with E-state index in [4.69, 9.17) is 21.1 Å². The number of amides is 1. The molecule has 2 aromatic carbocycles. The quantitative estimate of drug-likeness (QED) is 0.579. The summed E-state index contributed by atoms with van der Waals surface area (Å²) in [5.74, 6) is -0.284. The number of carboxylic acid groups (broad SMARTS) is 1. The maximum absolute atomic E-state index is 13.0. The molecule has 0 bridgehead atoms. The lowest BCUT2D eigenvalue weighted by atomic mass is 10.1. The molecule has 0 radical (unpaired) electrons. The third-order valence-electron chi connectivity index (χ3n) is 4.53. The molecule has 0 aromatic heterocycles. The highest BCUT2D eigenvalue weighted by Crippen LogP contribution is 2.32. The normalized spacial score (nSPS) is 14.7. The van der Waals surface area contributed by atoms with Crippen LogP contribution >= 0.6 is 11.6 Å². The zero-order valence-corrected chi connectivity index (χ0v) is 18.3. The van der Waals surface area contributed by atoms with Gasteiger partial charge in [0.15, 0.2) is 11.5 Å². The van der Waals surface area contributed by atoms with Gasteiger partial charge in [-0.1, -0.05) is 24.6 Å². The zero-order chi connectivity index (χ0) is 22.5. The summed E-state index contributed by atoms with van der Waals surface area (Å²) < 4.78 is 11.4. The van der Waals surface area contributed by atoms with E-state index in [0.29, 0.717) is 41.7 Å². The van der Waals surface area contributed by atoms with E-state index in [1.165, 1.54) is 17.1 Å². The Bertz CT molecular complexity index is 1080. The topological polar surface area (TPSA) is 88.4 Å². The van der Waals surface area contributed by atoms with Gasteiger partial charge in [0.2, 0.25) is 0 Å². The van der Waals surface area contributed by atoms with Crippen molar-refractivity contribution >= 4 is 41.0 Å². The summed E-state index contributed by atoms with van der Waals surface area (Å²) in [5.41, 5.74) is 1.90. The molecule has 0 atom stereocenters. The Balaban J connectivity index is 1.92. The van der Waals surface area contributed by atoms with Crippen molar-refractivity contribution in [1.29, 1.82) is 0 Å². The van der Waals surface area contributed by atoms with E-state index in [-0.39, 0.29) is 16.5 Å². The van der Waals surface area contributed by atoms with Crippen LogP contribution in [0.4, 0.5) is 5.69 Å². The molecule has 162 valence electrons. The summed E-state index contributed by atoms with van der Waals surface area (Å²) in [4.78, 5) is 24.4. The first-order valence-corrected chi connectivity index (χ1v) is 10.3. The van der Waals surface area contributed by atoms with E-state index in [9.17, 15) is 14.7 Å². The Hall–Kier alpha value is -3.32. The molecular formula is C23H23ClN2O5. The Kier molecular flexibility index (Phi) is 6.97. The summed E-state index contributed by atoms with van der Waals surface area (Å²) in [6, 6.07) is 9.79. The van der Waals surface area contributed by atoms with Crippen molar-refractivity contribution < 1.29 is 24.2 Å². The molecule has 0 saturated carbocycles. The molecule has 1 aliphatic rings. The number of hydrogen-bond acceptors (Lipinski definition) is 5. The Morgan fingerprint density at radius 2 is 1.94 bits per heavy atom. The summed E-state index contributed by atoms with van der Waals surface area (Å²) in [5, 5.41) is 14.9. The van der Waals surface area contributed by atoms with Crippen LogP contribution < -0.4 is 14.5 Å². The lowest BCUT2D eigenvalue weighted by Gasteiger charge is -2.13. The second-order valence-electron chi connectivity index (χ2n) is 6.82. The number of hydrogen-bond donors (Lipinski definition) is 1. The molecule has 0 unspecified atom stereocenters. The van der Waals surface area contributed by atoms with Crippen molar-refractivity contribution in [2.75, 3.05) is 18.2 Å². The molecule has 7 nitrogen and oxygen atoms in total. The molecule has 2 aromatic rings. The minimum atomic E-state index is -1.18. The summed E-state index contributed by atoms with van der Waals surface area (Å²) in [6.07, 6.45) is 2.60. The monoisotopic (exact) mass is 442 g/mol. The molecule has 3 rings (SSSR count). The minimum Gasteiger partial charge on any atom is -0.490 e. The van der Waals surface area contributed by atoms with Gasteiger partial charge in [-0.15, -0.1) is 0 Å². The Morgan fingerprint density at radius 1 is 1.16 bits per heavy atom. The third kappa shape index (κ3) is 4.88. The number of nitrogens with zero attached hydrogens (tertiary/aromatic N) is 2. The van der Waals surface area contributed by atoms with Crippen molar-refractivity contribution in [1.82, 2.24) is 0 Å². The van der Waals surface area contributed by atoms with Crippen LogP contribution in [0.25, 0.3) is 6.08 Å². The SMILES string of the molecule is CCCOc1ccc(/C=C2\C(=O)N(c3ccc(Cl)c(C(=O)O)c3)N=C2C)cc1OCC. The van der Waals surface area contributed by atoms with Gasteiger partial charge in [0.25, 0.3) is 5.91 Å². The number of halogens is 1. The van der Waals surface area contributed by atoms with E-state index < -0.39 is 5.97 Å². The number of ether oxygens (including phenoxy) is 2. The highest BCUT2D eigenvalue weighted by atomic mass is 35.5. The molecule has 1 heterocycles. The van der Waals surface area contributed by atoms with Crippen LogP contribution in [-0.2, 0) is 4.79 Å². The zero-order valence-electron chi connectivity index (χ0n) is 17.5. The highest BCUT2D eigenvalue weighted by molar-refractivity contribution is 6.34. The number of carboxylic acids is 1. The largest absolute Gasteiger partial charge is 0.490 e. The van der Waals surface area contributed by atoms with E-state index >= 15 is 0 Å². The number of carbonyl (C=O) groups excluding carboxylic acids is 1. The molecular weight excluding hydrogens is 420 g/mol. The van der Waals surface area contributed by atoms with Gasteiger partial charge in [0.1, 0.15) is 0 Å². The summed E-state index contributed by atoms with van der Waals surface area (Å²) >= 11 is 5.93. The van der Waals surface area contributed by atoms with Crippen LogP contribution in [0, 0.1) is 0 Å². The van der Waals surface area contributed by atoms with Gasteiger partial charge >= 0.3 is 5.97 Å². The summed E-state index contributed by atoms with van der Waals surface area (Å²) in [7, 11) is 0. The molecule has 0 saturated heterocycles. The number of benzene rings is 2. The van der Waals surface area contributed by atoms with Gasteiger partial charge < -0.3 is 14.6 Å². The first-order chi connectivity index (χ1) is 14.8. The number of rotatable bonds is 8. The van der Waals surface area contributed by atoms with Crippen LogP contribution in [0.2, 0.25) is 5.02 Å². The molecule has 0 fully saturated rings. The van der Waals surface area contributed by atoms with Gasteiger partial charge in [-0.3, -0.25) is 4.79 Å². The van der Waals surface area contributed by atoms with Crippen molar-refractivity contribution in [3.05, 3.63) is 58.1 Å².